The lowest BCUT2D eigenvalue weighted by Gasteiger charge is -2.35. The molecule has 2 bridgehead atoms. The summed E-state index contributed by atoms with van der Waals surface area (Å²) in [6.07, 6.45) is 6.25. The minimum Gasteiger partial charge on any atom is -0.459 e. The lowest BCUT2D eigenvalue weighted by Crippen LogP contribution is -2.43. The molecule has 0 aliphatic carbocycles. The monoisotopic (exact) mass is 426 g/mol. The summed E-state index contributed by atoms with van der Waals surface area (Å²) in [7, 11) is 2.19. The molecule has 2 saturated heterocycles. The number of para-hydroxylation sites is 1. The van der Waals surface area contributed by atoms with Crippen LogP contribution in [0.5, 0.6) is 0 Å². The van der Waals surface area contributed by atoms with Gasteiger partial charge in [-0.3, -0.25) is 0 Å². The van der Waals surface area contributed by atoms with E-state index in [9.17, 15) is 4.79 Å². The van der Waals surface area contributed by atoms with Gasteiger partial charge in [-0.05, 0) is 30.9 Å². The van der Waals surface area contributed by atoms with Gasteiger partial charge in [0.15, 0.2) is 0 Å². The van der Waals surface area contributed by atoms with Gasteiger partial charge in [-0.2, -0.15) is 0 Å². The van der Waals surface area contributed by atoms with Gasteiger partial charge < -0.3 is 14.6 Å². The Bertz CT molecular complexity index is 670. The van der Waals surface area contributed by atoms with Gasteiger partial charge in [0.05, 0.1) is 5.56 Å². The number of alkyl halides is 1. The summed E-state index contributed by atoms with van der Waals surface area (Å²) < 4.78 is 5.79. The number of hydrogen-bond acceptors (Lipinski definition) is 3. The first-order chi connectivity index (χ1) is 11.2. The second-order valence-electron chi connectivity index (χ2n) is 6.30. The van der Waals surface area contributed by atoms with Gasteiger partial charge >= 0.3 is 5.97 Å². The Morgan fingerprint density at radius 2 is 1.87 bits per heavy atom. The molecule has 0 saturated carbocycles. The molecule has 5 heteroatoms. The Morgan fingerprint density at radius 3 is 2.57 bits per heavy atom. The van der Waals surface area contributed by atoms with Crippen LogP contribution >= 0.6 is 22.6 Å². The zero-order valence-corrected chi connectivity index (χ0v) is 15.7. The second-order valence-corrected chi connectivity index (χ2v) is 6.30. The molecule has 23 heavy (non-hydrogen) atoms. The van der Waals surface area contributed by atoms with E-state index in [0.717, 1.165) is 23.7 Å². The molecule has 1 aromatic carbocycles. The minimum atomic E-state index is -0.193. The Morgan fingerprint density at radius 1 is 1.22 bits per heavy atom. The molecule has 1 unspecified atom stereocenters. The van der Waals surface area contributed by atoms with Gasteiger partial charge in [0.2, 0.25) is 0 Å². The lowest BCUT2D eigenvalue weighted by molar-refractivity contribution is -0.000258. The third-order valence-electron chi connectivity index (χ3n) is 5.14. The maximum Gasteiger partial charge on any atom is 0.340 e. The number of carbonyl (C=O) groups excluding carboxylic acids is 1. The van der Waals surface area contributed by atoms with Crippen molar-refractivity contribution in [1.82, 2.24) is 9.88 Å². The fourth-order valence-corrected chi connectivity index (χ4v) is 3.91. The van der Waals surface area contributed by atoms with E-state index in [2.05, 4.69) is 39.5 Å². The van der Waals surface area contributed by atoms with E-state index in [1.165, 1.54) is 12.8 Å². The van der Waals surface area contributed by atoms with Crippen molar-refractivity contribution >= 4 is 39.5 Å². The number of rotatable bonds is 2. The van der Waals surface area contributed by atoms with Gasteiger partial charge in [0.25, 0.3) is 0 Å². The maximum absolute atomic E-state index is 12.4. The Hall–Kier alpha value is -1.08. The van der Waals surface area contributed by atoms with E-state index in [4.69, 9.17) is 4.74 Å². The third-order valence-corrected chi connectivity index (χ3v) is 5.14. The standard InChI is InChI=1S/C17H20N2O2.CH3I/c1-19-11-6-7-12(19)9-13(8-11)21-17(20)15-10-18-16-5-3-2-4-14(15)16;1-2/h2-5,10-13,18H,6-9H2,1H3;1H3/t11-,12+,13?;. The zero-order valence-electron chi connectivity index (χ0n) is 13.6. The van der Waals surface area contributed by atoms with Crippen molar-refractivity contribution in [1.29, 1.82) is 0 Å². The van der Waals surface area contributed by atoms with Gasteiger partial charge in [-0.1, -0.05) is 40.8 Å². The first kappa shape index (κ1) is 16.8. The van der Waals surface area contributed by atoms with Crippen LogP contribution in [0.3, 0.4) is 0 Å². The van der Waals surface area contributed by atoms with Crippen LogP contribution in [-0.2, 0) is 4.74 Å². The predicted molar refractivity (Wildman–Crippen MR) is 101 cm³/mol. The molecule has 0 radical (unpaired) electrons. The van der Waals surface area contributed by atoms with Crippen molar-refractivity contribution in [3.05, 3.63) is 36.0 Å². The predicted octanol–water partition coefficient (Wildman–Crippen LogP) is 4.00. The number of nitrogens with one attached hydrogen (secondary N) is 1. The number of piperidine rings is 1. The highest BCUT2D eigenvalue weighted by atomic mass is 127. The number of hydrogen-bond donors (Lipinski definition) is 1. The zero-order chi connectivity index (χ0) is 16.4. The molecular weight excluding hydrogens is 403 g/mol. The quantitative estimate of drug-likeness (QED) is 0.449. The Balaban J connectivity index is 0.000000753. The molecule has 2 aliphatic heterocycles. The summed E-state index contributed by atoms with van der Waals surface area (Å²) in [5.41, 5.74) is 1.63. The number of nitrogens with zero attached hydrogens (tertiary/aromatic N) is 1. The van der Waals surface area contributed by atoms with E-state index >= 15 is 0 Å². The largest absolute Gasteiger partial charge is 0.459 e. The van der Waals surface area contributed by atoms with Gasteiger partial charge in [-0.15, -0.1) is 0 Å². The van der Waals surface area contributed by atoms with Crippen LogP contribution in [0.25, 0.3) is 10.9 Å². The summed E-state index contributed by atoms with van der Waals surface area (Å²) in [5, 5.41) is 0.943. The van der Waals surface area contributed by atoms with Crippen molar-refractivity contribution in [3.63, 3.8) is 0 Å². The van der Waals surface area contributed by atoms with E-state index < -0.39 is 0 Å². The Labute approximate surface area is 150 Å². The van der Waals surface area contributed by atoms with E-state index in [0.29, 0.717) is 17.6 Å². The van der Waals surface area contributed by atoms with Crippen molar-refractivity contribution in [3.8, 4) is 0 Å². The number of benzene rings is 1. The molecule has 1 aromatic heterocycles. The van der Waals surface area contributed by atoms with Gasteiger partial charge in [0.1, 0.15) is 6.10 Å². The number of aromatic amines is 1. The molecule has 2 aromatic rings. The van der Waals surface area contributed by atoms with Gasteiger partial charge in [-0.25, -0.2) is 4.79 Å². The van der Waals surface area contributed by atoms with Gasteiger partial charge in [0, 0.05) is 42.0 Å². The number of fused-ring (bicyclic) bond motifs is 3. The van der Waals surface area contributed by atoms with Crippen molar-refractivity contribution < 1.29 is 9.53 Å². The minimum absolute atomic E-state index is 0.0693. The first-order valence-corrected chi connectivity index (χ1v) is 10.2. The summed E-state index contributed by atoms with van der Waals surface area (Å²) in [6, 6.07) is 9.02. The highest BCUT2D eigenvalue weighted by Crippen LogP contribution is 2.35. The second kappa shape index (κ2) is 7.21. The molecule has 4 rings (SSSR count). The Kier molecular flexibility index (Phi) is 5.26. The van der Waals surface area contributed by atoms with Crippen LogP contribution in [0.15, 0.2) is 30.5 Å². The van der Waals surface area contributed by atoms with Crippen LogP contribution in [0.2, 0.25) is 0 Å². The normalized spacial score (nSPS) is 26.7. The van der Waals surface area contributed by atoms with Crippen LogP contribution in [-0.4, -0.2) is 46.0 Å². The SMILES string of the molecule is CI.CN1[C@@H]2CC[C@H]1CC(OC(=O)c1c[nH]c3ccccc13)C2. The highest BCUT2D eigenvalue weighted by molar-refractivity contribution is 14.1. The molecule has 124 valence electrons. The molecule has 2 aliphatic rings. The van der Waals surface area contributed by atoms with E-state index in [1.54, 1.807) is 6.20 Å². The number of esters is 1. The summed E-state index contributed by atoms with van der Waals surface area (Å²) in [4.78, 5) is 20.0. The number of halogens is 1. The number of aromatic nitrogens is 1. The fourth-order valence-electron chi connectivity index (χ4n) is 3.91. The third kappa shape index (κ3) is 3.26. The molecule has 0 amide bonds. The molecule has 0 spiro atoms. The number of carbonyl (C=O) groups is 1. The average molecular weight is 426 g/mol. The van der Waals surface area contributed by atoms with Crippen molar-refractivity contribution in [2.24, 2.45) is 0 Å². The smallest absolute Gasteiger partial charge is 0.340 e. The topological polar surface area (TPSA) is 45.3 Å². The molecule has 4 nitrogen and oxygen atoms in total. The molecular formula is C18H23IN2O2. The van der Waals surface area contributed by atoms with Crippen molar-refractivity contribution in [2.45, 2.75) is 43.9 Å². The first-order valence-electron chi connectivity index (χ1n) is 8.09. The van der Waals surface area contributed by atoms with Crippen LogP contribution in [0.4, 0.5) is 0 Å². The van der Waals surface area contributed by atoms with Crippen molar-refractivity contribution in [2.75, 3.05) is 12.0 Å². The molecule has 3 heterocycles. The molecule has 2 fully saturated rings. The molecule has 1 N–H and O–H groups in total. The molecule has 3 atom stereocenters. The van der Waals surface area contributed by atoms with Crippen LogP contribution < -0.4 is 0 Å². The fraction of sp³-hybridized carbons (Fsp3) is 0.500. The highest BCUT2D eigenvalue weighted by Gasteiger charge is 2.40. The average Bonchev–Trinajstić information content (AvgIpc) is 3.08. The summed E-state index contributed by atoms with van der Waals surface area (Å²) in [5.74, 6) is -0.193. The lowest BCUT2D eigenvalue weighted by atomic mass is 10.0. The van der Waals surface area contributed by atoms with E-state index in [1.807, 2.05) is 29.2 Å². The van der Waals surface area contributed by atoms with Crippen LogP contribution in [0, 0.1) is 0 Å². The number of ether oxygens (including phenoxy) is 1. The maximum atomic E-state index is 12.4. The number of H-pyrrole nitrogens is 1. The van der Waals surface area contributed by atoms with Crippen LogP contribution in [0.1, 0.15) is 36.0 Å². The summed E-state index contributed by atoms with van der Waals surface area (Å²) in [6.45, 7) is 0. The summed E-state index contributed by atoms with van der Waals surface area (Å²) >= 11 is 2.15. The van der Waals surface area contributed by atoms with E-state index in [-0.39, 0.29) is 12.1 Å².